The number of amides is 1. The molecule has 27 heavy (non-hydrogen) atoms. The van der Waals surface area contributed by atoms with Crippen LogP contribution in [0.25, 0.3) is 0 Å². The molecule has 0 spiro atoms. The third-order valence-electron chi connectivity index (χ3n) is 3.90. The Hall–Kier alpha value is -2.29. The fraction of sp³-hybridized carbons (Fsp3) is 0.263. The van der Waals surface area contributed by atoms with Gasteiger partial charge in [-0.2, -0.15) is 0 Å². The highest BCUT2D eigenvalue weighted by atomic mass is 32.2. The summed E-state index contributed by atoms with van der Waals surface area (Å²) < 4.78 is 27.1. The molecule has 8 heteroatoms. The van der Waals surface area contributed by atoms with Crippen LogP contribution < -0.4 is 15.4 Å². The second-order valence-electron chi connectivity index (χ2n) is 6.23. The largest absolute Gasteiger partial charge is 0.332 e. The van der Waals surface area contributed by atoms with Crippen LogP contribution in [0.3, 0.4) is 0 Å². The van der Waals surface area contributed by atoms with E-state index in [2.05, 4.69) is 15.4 Å². The van der Waals surface area contributed by atoms with Gasteiger partial charge in [0.25, 0.3) is 5.91 Å². The zero-order valence-corrected chi connectivity index (χ0v) is 17.1. The van der Waals surface area contributed by atoms with Crippen molar-refractivity contribution in [2.75, 3.05) is 5.32 Å². The summed E-state index contributed by atoms with van der Waals surface area (Å²) in [6.07, 6.45) is 0.702. The molecule has 3 N–H and O–H groups in total. The van der Waals surface area contributed by atoms with Crippen LogP contribution in [-0.2, 0) is 10.0 Å². The first-order chi connectivity index (χ1) is 12.7. The lowest BCUT2D eigenvalue weighted by atomic mass is 10.1. The van der Waals surface area contributed by atoms with Crippen molar-refractivity contribution < 1.29 is 13.2 Å². The smallest absolute Gasteiger partial charge is 0.257 e. The second kappa shape index (κ2) is 9.07. The number of aryl methyl sites for hydroxylation is 1. The predicted molar refractivity (Wildman–Crippen MR) is 111 cm³/mol. The SMILES string of the molecule is CCC(C)NS(=O)(=O)c1ccc(NC(=S)NC(=O)c2cccc(C)c2)cc1. The fourth-order valence-electron chi connectivity index (χ4n) is 2.26. The Bertz CT molecular complexity index is 925. The van der Waals surface area contributed by atoms with E-state index in [-0.39, 0.29) is 22.0 Å². The topological polar surface area (TPSA) is 87.3 Å². The van der Waals surface area contributed by atoms with Crippen LogP contribution in [0.2, 0.25) is 0 Å². The van der Waals surface area contributed by atoms with Crippen molar-refractivity contribution in [2.45, 2.75) is 38.1 Å². The van der Waals surface area contributed by atoms with Crippen molar-refractivity contribution in [3.8, 4) is 0 Å². The summed E-state index contributed by atoms with van der Waals surface area (Å²) >= 11 is 5.15. The summed E-state index contributed by atoms with van der Waals surface area (Å²) in [7, 11) is -3.56. The maximum absolute atomic E-state index is 12.3. The van der Waals surface area contributed by atoms with Gasteiger partial charge < -0.3 is 5.32 Å². The van der Waals surface area contributed by atoms with Gasteiger partial charge in [-0.3, -0.25) is 10.1 Å². The molecule has 0 fully saturated rings. The van der Waals surface area contributed by atoms with Gasteiger partial charge in [-0.1, -0.05) is 24.6 Å². The van der Waals surface area contributed by atoms with E-state index in [1.807, 2.05) is 26.8 Å². The van der Waals surface area contributed by atoms with Crippen LogP contribution in [0.15, 0.2) is 53.4 Å². The lowest BCUT2D eigenvalue weighted by molar-refractivity contribution is 0.0977. The van der Waals surface area contributed by atoms with Crippen LogP contribution in [0.4, 0.5) is 5.69 Å². The average Bonchev–Trinajstić information content (AvgIpc) is 2.61. The molecule has 0 radical (unpaired) electrons. The molecule has 6 nitrogen and oxygen atoms in total. The number of hydrogen-bond acceptors (Lipinski definition) is 4. The van der Waals surface area contributed by atoms with Crippen molar-refractivity contribution in [1.82, 2.24) is 10.0 Å². The van der Waals surface area contributed by atoms with Crippen molar-refractivity contribution >= 4 is 38.9 Å². The average molecular weight is 406 g/mol. The van der Waals surface area contributed by atoms with Gasteiger partial charge >= 0.3 is 0 Å². The molecular formula is C19H23N3O3S2. The number of nitrogens with one attached hydrogen (secondary N) is 3. The van der Waals surface area contributed by atoms with E-state index in [1.54, 1.807) is 30.3 Å². The van der Waals surface area contributed by atoms with Crippen LogP contribution >= 0.6 is 12.2 Å². The molecule has 1 amide bonds. The summed E-state index contributed by atoms with van der Waals surface area (Å²) in [5.41, 5.74) is 2.06. The first kappa shape index (κ1) is 21.0. The first-order valence-corrected chi connectivity index (χ1v) is 10.4. The van der Waals surface area contributed by atoms with E-state index < -0.39 is 10.0 Å². The third kappa shape index (κ3) is 6.13. The van der Waals surface area contributed by atoms with E-state index in [9.17, 15) is 13.2 Å². The normalized spacial score (nSPS) is 12.3. The Kier molecular flexibility index (Phi) is 7.06. The number of thiocarbonyl (C=S) groups is 1. The van der Waals surface area contributed by atoms with E-state index in [0.29, 0.717) is 17.7 Å². The summed E-state index contributed by atoms with van der Waals surface area (Å²) in [5.74, 6) is -0.312. The second-order valence-corrected chi connectivity index (χ2v) is 8.35. The molecular weight excluding hydrogens is 382 g/mol. The highest BCUT2D eigenvalue weighted by Gasteiger charge is 2.16. The quantitative estimate of drug-likeness (QED) is 0.643. The van der Waals surface area contributed by atoms with E-state index >= 15 is 0 Å². The zero-order valence-electron chi connectivity index (χ0n) is 15.4. The molecule has 0 aromatic heterocycles. The number of rotatable bonds is 6. The molecule has 0 aliphatic heterocycles. The van der Waals surface area contributed by atoms with E-state index in [0.717, 1.165) is 5.56 Å². The number of hydrogen-bond donors (Lipinski definition) is 3. The van der Waals surface area contributed by atoms with Crippen molar-refractivity contribution in [2.24, 2.45) is 0 Å². The Morgan fingerprint density at radius 3 is 2.41 bits per heavy atom. The van der Waals surface area contributed by atoms with Crippen LogP contribution in [0.1, 0.15) is 36.2 Å². The lowest BCUT2D eigenvalue weighted by Crippen LogP contribution is -2.34. The highest BCUT2D eigenvalue weighted by Crippen LogP contribution is 2.15. The number of anilines is 1. The molecule has 0 saturated heterocycles. The minimum atomic E-state index is -3.56. The van der Waals surface area contributed by atoms with Gasteiger partial charge in [0.2, 0.25) is 10.0 Å². The van der Waals surface area contributed by atoms with Crippen LogP contribution in [0.5, 0.6) is 0 Å². The summed E-state index contributed by atoms with van der Waals surface area (Å²) in [4.78, 5) is 12.4. The molecule has 2 rings (SSSR count). The number of benzene rings is 2. The summed E-state index contributed by atoms with van der Waals surface area (Å²) in [6, 6.07) is 13.2. The van der Waals surface area contributed by atoms with Crippen molar-refractivity contribution in [3.05, 3.63) is 59.7 Å². The minimum absolute atomic E-state index is 0.134. The molecule has 1 atom stereocenters. The van der Waals surface area contributed by atoms with Crippen molar-refractivity contribution in [1.29, 1.82) is 0 Å². The predicted octanol–water partition coefficient (Wildman–Crippen LogP) is 3.20. The van der Waals surface area contributed by atoms with E-state index in [4.69, 9.17) is 12.2 Å². The van der Waals surface area contributed by atoms with Gasteiger partial charge in [0.1, 0.15) is 0 Å². The summed E-state index contributed by atoms with van der Waals surface area (Å²) in [5, 5.41) is 5.61. The van der Waals surface area contributed by atoms with Gasteiger partial charge in [-0.05, 0) is 68.9 Å². The van der Waals surface area contributed by atoms with Crippen LogP contribution in [-0.4, -0.2) is 25.5 Å². The molecule has 1 unspecified atom stereocenters. The fourth-order valence-corrected chi connectivity index (χ4v) is 3.79. The number of carbonyl (C=O) groups excluding carboxylic acids is 1. The Balaban J connectivity index is 1.99. The minimum Gasteiger partial charge on any atom is -0.332 e. The van der Waals surface area contributed by atoms with Crippen molar-refractivity contribution in [3.63, 3.8) is 0 Å². The molecule has 0 aliphatic rings. The molecule has 2 aromatic carbocycles. The highest BCUT2D eigenvalue weighted by molar-refractivity contribution is 7.89. The standard InChI is InChI=1S/C19H23N3O3S2/c1-4-14(3)22-27(24,25)17-10-8-16(9-11-17)20-19(26)21-18(23)15-7-5-6-13(2)12-15/h5-12,14,22H,4H2,1-3H3,(H2,20,21,23,26). The molecule has 144 valence electrons. The summed E-state index contributed by atoms with van der Waals surface area (Å²) in [6.45, 7) is 5.62. The van der Waals surface area contributed by atoms with Gasteiger partial charge in [-0.15, -0.1) is 0 Å². The number of carbonyl (C=O) groups is 1. The van der Waals surface area contributed by atoms with Gasteiger partial charge in [-0.25, -0.2) is 13.1 Å². The maximum atomic E-state index is 12.3. The van der Waals surface area contributed by atoms with Crippen LogP contribution in [0, 0.1) is 6.92 Å². The molecule has 2 aromatic rings. The van der Waals surface area contributed by atoms with Gasteiger partial charge in [0.05, 0.1) is 4.90 Å². The first-order valence-electron chi connectivity index (χ1n) is 8.52. The van der Waals surface area contributed by atoms with Gasteiger partial charge in [0.15, 0.2) is 5.11 Å². The lowest BCUT2D eigenvalue weighted by Gasteiger charge is -2.13. The molecule has 0 saturated carbocycles. The third-order valence-corrected chi connectivity index (χ3v) is 5.71. The van der Waals surface area contributed by atoms with Gasteiger partial charge in [0, 0.05) is 17.3 Å². The monoisotopic (exact) mass is 405 g/mol. The van der Waals surface area contributed by atoms with E-state index in [1.165, 1.54) is 12.1 Å². The molecule has 0 aliphatic carbocycles. The molecule has 0 bridgehead atoms. The zero-order chi connectivity index (χ0) is 20.0. The number of sulfonamides is 1. The maximum Gasteiger partial charge on any atom is 0.257 e. The Morgan fingerprint density at radius 2 is 1.81 bits per heavy atom. The Morgan fingerprint density at radius 1 is 1.15 bits per heavy atom. The molecule has 0 heterocycles. The Labute approximate surface area is 165 Å².